The minimum absolute atomic E-state index is 0.291. The molecule has 0 aromatic heterocycles. The summed E-state index contributed by atoms with van der Waals surface area (Å²) >= 11 is 0. The van der Waals surface area contributed by atoms with Crippen molar-refractivity contribution in [1.29, 1.82) is 0 Å². The maximum atomic E-state index is 8.77. The highest BCUT2D eigenvalue weighted by atomic mass is 16.3. The van der Waals surface area contributed by atoms with Gasteiger partial charge < -0.3 is 10.4 Å². The number of hydrogen-bond donors (Lipinski definition) is 2. The van der Waals surface area contributed by atoms with Gasteiger partial charge in [0.05, 0.1) is 0 Å². The Morgan fingerprint density at radius 1 is 1.15 bits per heavy atom. The molecule has 0 aromatic carbocycles. The molecule has 0 aliphatic rings. The summed E-state index contributed by atoms with van der Waals surface area (Å²) in [5, 5.41) is 12.1. The van der Waals surface area contributed by atoms with Gasteiger partial charge in [0.25, 0.3) is 0 Å². The van der Waals surface area contributed by atoms with Crippen molar-refractivity contribution in [3.05, 3.63) is 0 Å². The maximum Gasteiger partial charge on any atom is 0.0468 e. The highest BCUT2D eigenvalue weighted by Gasteiger charge is 1.98. The van der Waals surface area contributed by atoms with Gasteiger partial charge in [-0.05, 0) is 31.3 Å². The van der Waals surface area contributed by atoms with E-state index in [4.69, 9.17) is 5.11 Å². The summed E-state index contributed by atoms with van der Waals surface area (Å²) < 4.78 is 0. The third kappa shape index (κ3) is 9.84. The molecule has 0 aromatic rings. The SMILES string of the molecule is CC(C)CCCCNCC(C)CO. The Kier molecular flexibility index (Phi) is 8.46. The summed E-state index contributed by atoms with van der Waals surface area (Å²) in [7, 11) is 0. The Balaban J connectivity index is 2.99. The molecule has 0 radical (unpaired) electrons. The van der Waals surface area contributed by atoms with Gasteiger partial charge in [0.1, 0.15) is 0 Å². The van der Waals surface area contributed by atoms with E-state index in [1.807, 2.05) is 0 Å². The van der Waals surface area contributed by atoms with E-state index in [0.717, 1.165) is 19.0 Å². The van der Waals surface area contributed by atoms with Crippen LogP contribution >= 0.6 is 0 Å². The molecular weight excluding hydrogens is 162 g/mol. The van der Waals surface area contributed by atoms with Crippen LogP contribution in [0.5, 0.6) is 0 Å². The van der Waals surface area contributed by atoms with Crippen LogP contribution in [-0.4, -0.2) is 24.8 Å². The van der Waals surface area contributed by atoms with Crippen molar-refractivity contribution in [2.45, 2.75) is 40.0 Å². The predicted octanol–water partition coefficient (Wildman–Crippen LogP) is 2.03. The lowest BCUT2D eigenvalue weighted by atomic mass is 10.1. The molecule has 0 aliphatic carbocycles. The van der Waals surface area contributed by atoms with Crippen LogP contribution < -0.4 is 5.32 Å². The molecule has 2 nitrogen and oxygen atoms in total. The van der Waals surface area contributed by atoms with E-state index in [1.54, 1.807) is 0 Å². The molecule has 0 amide bonds. The molecule has 2 N–H and O–H groups in total. The summed E-state index contributed by atoms with van der Waals surface area (Å²) in [4.78, 5) is 0. The molecule has 0 fully saturated rings. The summed E-state index contributed by atoms with van der Waals surface area (Å²) in [6.45, 7) is 8.91. The molecule has 1 unspecified atom stereocenters. The van der Waals surface area contributed by atoms with Gasteiger partial charge in [-0.25, -0.2) is 0 Å². The molecule has 1 atom stereocenters. The first-order valence-electron chi connectivity index (χ1n) is 5.48. The number of unbranched alkanes of at least 4 members (excludes halogenated alkanes) is 1. The minimum Gasteiger partial charge on any atom is -0.396 e. The van der Waals surface area contributed by atoms with Gasteiger partial charge in [0.2, 0.25) is 0 Å². The molecule has 0 aliphatic heterocycles. The first-order chi connectivity index (χ1) is 6.16. The second-order valence-electron chi connectivity index (χ2n) is 4.38. The van der Waals surface area contributed by atoms with E-state index in [-0.39, 0.29) is 0 Å². The van der Waals surface area contributed by atoms with Crippen molar-refractivity contribution in [2.75, 3.05) is 19.7 Å². The second kappa shape index (κ2) is 8.52. The van der Waals surface area contributed by atoms with Crippen molar-refractivity contribution >= 4 is 0 Å². The fraction of sp³-hybridized carbons (Fsp3) is 1.00. The molecule has 0 bridgehead atoms. The van der Waals surface area contributed by atoms with E-state index in [0.29, 0.717) is 12.5 Å². The van der Waals surface area contributed by atoms with Crippen LogP contribution in [0.2, 0.25) is 0 Å². The van der Waals surface area contributed by atoms with Gasteiger partial charge in [-0.1, -0.05) is 33.6 Å². The molecule has 80 valence electrons. The normalized spacial score (nSPS) is 13.6. The van der Waals surface area contributed by atoms with Gasteiger partial charge in [-0.15, -0.1) is 0 Å². The van der Waals surface area contributed by atoms with E-state index in [9.17, 15) is 0 Å². The summed E-state index contributed by atoms with van der Waals surface area (Å²) in [6, 6.07) is 0. The average molecular weight is 187 g/mol. The van der Waals surface area contributed by atoms with Gasteiger partial charge in [0, 0.05) is 6.61 Å². The standard InChI is InChI=1S/C11H25NO/c1-10(2)6-4-5-7-12-8-11(3)9-13/h10-13H,4-9H2,1-3H3. The molecular formula is C11H25NO. The fourth-order valence-corrected chi connectivity index (χ4v) is 1.22. The van der Waals surface area contributed by atoms with Crippen molar-refractivity contribution in [3.63, 3.8) is 0 Å². The third-order valence-electron chi connectivity index (χ3n) is 2.19. The van der Waals surface area contributed by atoms with Gasteiger partial charge in [-0.2, -0.15) is 0 Å². The lowest BCUT2D eigenvalue weighted by Crippen LogP contribution is -2.24. The molecule has 2 heteroatoms. The summed E-state index contributed by atoms with van der Waals surface area (Å²) in [6.07, 6.45) is 3.91. The van der Waals surface area contributed by atoms with Gasteiger partial charge >= 0.3 is 0 Å². The van der Waals surface area contributed by atoms with Crippen molar-refractivity contribution in [1.82, 2.24) is 5.32 Å². The quantitative estimate of drug-likeness (QED) is 0.570. The van der Waals surface area contributed by atoms with Gasteiger partial charge in [-0.3, -0.25) is 0 Å². The maximum absolute atomic E-state index is 8.77. The second-order valence-corrected chi connectivity index (χ2v) is 4.38. The molecule has 0 saturated heterocycles. The van der Waals surface area contributed by atoms with Crippen LogP contribution in [0.1, 0.15) is 40.0 Å². The van der Waals surface area contributed by atoms with Crippen molar-refractivity contribution in [3.8, 4) is 0 Å². The Labute approximate surface area is 82.7 Å². The van der Waals surface area contributed by atoms with Crippen LogP contribution in [0, 0.1) is 11.8 Å². The van der Waals surface area contributed by atoms with Crippen molar-refractivity contribution in [2.24, 2.45) is 11.8 Å². The zero-order valence-electron chi connectivity index (χ0n) is 9.34. The number of hydrogen-bond acceptors (Lipinski definition) is 2. The van der Waals surface area contributed by atoms with Crippen LogP contribution in [0.3, 0.4) is 0 Å². The van der Waals surface area contributed by atoms with Crippen LogP contribution in [-0.2, 0) is 0 Å². The minimum atomic E-state index is 0.291. The zero-order chi connectivity index (χ0) is 10.1. The highest BCUT2D eigenvalue weighted by Crippen LogP contribution is 2.05. The van der Waals surface area contributed by atoms with E-state index in [2.05, 4.69) is 26.1 Å². The molecule has 0 rings (SSSR count). The van der Waals surface area contributed by atoms with Crippen LogP contribution in [0.25, 0.3) is 0 Å². The average Bonchev–Trinajstić information content (AvgIpc) is 2.10. The smallest absolute Gasteiger partial charge is 0.0468 e. The summed E-state index contributed by atoms with van der Waals surface area (Å²) in [5.41, 5.74) is 0. The number of aliphatic hydroxyl groups is 1. The Bertz CT molecular complexity index is 104. The predicted molar refractivity (Wildman–Crippen MR) is 57.8 cm³/mol. The lowest BCUT2D eigenvalue weighted by Gasteiger charge is -2.09. The van der Waals surface area contributed by atoms with Gasteiger partial charge in [0.15, 0.2) is 0 Å². The topological polar surface area (TPSA) is 32.3 Å². The molecule has 0 heterocycles. The highest BCUT2D eigenvalue weighted by molar-refractivity contribution is 4.55. The first-order valence-corrected chi connectivity index (χ1v) is 5.48. The van der Waals surface area contributed by atoms with Crippen LogP contribution in [0.15, 0.2) is 0 Å². The van der Waals surface area contributed by atoms with E-state index in [1.165, 1.54) is 19.3 Å². The monoisotopic (exact) mass is 187 g/mol. The van der Waals surface area contributed by atoms with Crippen molar-refractivity contribution < 1.29 is 5.11 Å². The Morgan fingerprint density at radius 3 is 2.38 bits per heavy atom. The molecule has 0 saturated carbocycles. The third-order valence-corrected chi connectivity index (χ3v) is 2.19. The lowest BCUT2D eigenvalue weighted by molar-refractivity contribution is 0.233. The number of nitrogens with one attached hydrogen (secondary N) is 1. The summed E-state index contributed by atoms with van der Waals surface area (Å²) in [5.74, 6) is 1.22. The number of rotatable bonds is 8. The molecule has 13 heavy (non-hydrogen) atoms. The fourth-order valence-electron chi connectivity index (χ4n) is 1.22. The van der Waals surface area contributed by atoms with Crippen LogP contribution in [0.4, 0.5) is 0 Å². The Morgan fingerprint density at radius 2 is 1.85 bits per heavy atom. The largest absolute Gasteiger partial charge is 0.396 e. The number of aliphatic hydroxyl groups excluding tert-OH is 1. The van der Waals surface area contributed by atoms with E-state index >= 15 is 0 Å². The first kappa shape index (κ1) is 12.9. The Hall–Kier alpha value is -0.0800. The van der Waals surface area contributed by atoms with E-state index < -0.39 is 0 Å². The molecule has 0 spiro atoms. The zero-order valence-corrected chi connectivity index (χ0v) is 9.34.